The lowest BCUT2D eigenvalue weighted by atomic mass is 9.72. The van der Waals surface area contributed by atoms with Crippen LogP contribution < -0.4 is 9.97 Å². The Kier molecular flexibility index (Phi) is 4.45. The van der Waals surface area contributed by atoms with Gasteiger partial charge >= 0.3 is 13.1 Å². The molecule has 2 aromatic rings. The molecule has 0 radical (unpaired) electrons. The standard InChI is InChI=1S/C13H13BN4O5S/c19-10(5-18-6-11(24)16-17-18)15-9-4-7-2-1-3-8(13(20)21)12(7)23-14(9)22/h1-3,6,9,22,24H,4-5H2,(H,15,19)(H,20,21)/t9-/m0/s1. The average molecular weight is 348 g/mol. The van der Waals surface area contributed by atoms with Gasteiger partial charge in [0.15, 0.2) is 0 Å². The van der Waals surface area contributed by atoms with Crippen molar-refractivity contribution in [2.24, 2.45) is 0 Å². The van der Waals surface area contributed by atoms with E-state index in [2.05, 4.69) is 28.3 Å². The highest BCUT2D eigenvalue weighted by atomic mass is 32.1. The molecule has 3 rings (SSSR count). The number of hydrogen-bond acceptors (Lipinski definition) is 7. The summed E-state index contributed by atoms with van der Waals surface area (Å²) >= 11 is 4.00. The molecule has 1 aliphatic heterocycles. The maximum absolute atomic E-state index is 12.0. The maximum Gasteiger partial charge on any atom is 0.547 e. The number of amides is 1. The minimum absolute atomic E-state index is 0.0275. The highest BCUT2D eigenvalue weighted by Gasteiger charge is 2.37. The number of carbonyl (C=O) groups excluding carboxylic acids is 1. The van der Waals surface area contributed by atoms with E-state index in [4.69, 9.17) is 9.76 Å². The number of rotatable bonds is 4. The van der Waals surface area contributed by atoms with Crippen molar-refractivity contribution in [3.05, 3.63) is 35.5 Å². The van der Waals surface area contributed by atoms with E-state index < -0.39 is 24.9 Å². The second-order valence-electron chi connectivity index (χ2n) is 5.26. The molecule has 2 heterocycles. The number of nitrogens with zero attached hydrogens (tertiary/aromatic N) is 3. The van der Waals surface area contributed by atoms with Gasteiger partial charge in [-0.15, -0.1) is 17.7 Å². The summed E-state index contributed by atoms with van der Waals surface area (Å²) in [5, 5.41) is 29.6. The van der Waals surface area contributed by atoms with Crippen molar-refractivity contribution in [2.45, 2.75) is 23.9 Å². The molecule has 0 bridgehead atoms. The number of aromatic carboxylic acids is 1. The van der Waals surface area contributed by atoms with E-state index in [9.17, 15) is 14.6 Å². The van der Waals surface area contributed by atoms with E-state index in [1.54, 1.807) is 12.1 Å². The van der Waals surface area contributed by atoms with E-state index in [1.165, 1.54) is 16.9 Å². The number of nitrogens with one attached hydrogen (secondary N) is 1. The summed E-state index contributed by atoms with van der Waals surface area (Å²) in [7, 11) is -1.35. The molecule has 0 spiro atoms. The van der Waals surface area contributed by atoms with Gasteiger partial charge < -0.3 is 20.1 Å². The summed E-state index contributed by atoms with van der Waals surface area (Å²) < 4.78 is 6.61. The van der Waals surface area contributed by atoms with Gasteiger partial charge in [-0.05, 0) is 18.1 Å². The van der Waals surface area contributed by atoms with Gasteiger partial charge in [-0.3, -0.25) is 4.79 Å². The lowest BCUT2D eigenvalue weighted by Crippen LogP contribution is -2.53. The van der Waals surface area contributed by atoms with Crippen LogP contribution in [0.3, 0.4) is 0 Å². The van der Waals surface area contributed by atoms with Gasteiger partial charge in [-0.25, -0.2) is 9.48 Å². The number of carbonyl (C=O) groups is 2. The molecule has 0 saturated heterocycles. The van der Waals surface area contributed by atoms with Crippen molar-refractivity contribution in [2.75, 3.05) is 0 Å². The summed E-state index contributed by atoms with van der Waals surface area (Å²) in [6.45, 7) is -0.0845. The molecule has 24 heavy (non-hydrogen) atoms. The van der Waals surface area contributed by atoms with Crippen LogP contribution in [0.5, 0.6) is 5.75 Å². The lowest BCUT2D eigenvalue weighted by Gasteiger charge is -2.28. The summed E-state index contributed by atoms with van der Waals surface area (Å²) in [5.74, 6) is -2.11. The highest BCUT2D eigenvalue weighted by Crippen LogP contribution is 2.30. The first kappa shape index (κ1) is 16.3. The molecule has 1 amide bonds. The Bertz CT molecular complexity index is 798. The SMILES string of the molecule is O=C(Cn1cc(S)nn1)N[C@H]1Cc2cccc(C(=O)O)c2OB1O. The van der Waals surface area contributed by atoms with Gasteiger partial charge in [-0.2, -0.15) is 0 Å². The minimum Gasteiger partial charge on any atom is -0.534 e. The molecule has 124 valence electrons. The molecule has 3 N–H and O–H groups in total. The van der Waals surface area contributed by atoms with E-state index in [0.717, 1.165) is 0 Å². The Balaban J connectivity index is 1.71. The smallest absolute Gasteiger partial charge is 0.534 e. The lowest BCUT2D eigenvalue weighted by molar-refractivity contribution is -0.122. The summed E-state index contributed by atoms with van der Waals surface area (Å²) in [6.07, 6.45) is 1.74. The van der Waals surface area contributed by atoms with Crippen molar-refractivity contribution in [3.8, 4) is 5.75 Å². The van der Waals surface area contributed by atoms with E-state index in [1.807, 2.05) is 0 Å². The van der Waals surface area contributed by atoms with Gasteiger partial charge in [0, 0.05) is 0 Å². The van der Waals surface area contributed by atoms with E-state index in [0.29, 0.717) is 10.6 Å². The topological polar surface area (TPSA) is 127 Å². The van der Waals surface area contributed by atoms with Crippen LogP contribution in [0.25, 0.3) is 0 Å². The number of carboxylic acids is 1. The molecule has 11 heteroatoms. The summed E-state index contributed by atoms with van der Waals surface area (Å²) in [6, 6.07) is 4.68. The molecular formula is C13H13BN4O5S. The number of fused-ring (bicyclic) bond motifs is 1. The van der Waals surface area contributed by atoms with Crippen LogP contribution in [0.2, 0.25) is 0 Å². The van der Waals surface area contributed by atoms with Crippen LogP contribution >= 0.6 is 12.6 Å². The fourth-order valence-electron chi connectivity index (χ4n) is 2.48. The molecule has 1 aromatic carbocycles. The summed E-state index contributed by atoms with van der Waals surface area (Å²) in [5.41, 5.74) is 0.573. The van der Waals surface area contributed by atoms with Gasteiger partial charge in [-0.1, -0.05) is 17.3 Å². The van der Waals surface area contributed by atoms with Crippen LogP contribution in [-0.2, 0) is 17.8 Å². The first-order valence-corrected chi connectivity index (χ1v) is 7.47. The Hall–Kier alpha value is -2.53. The zero-order valence-electron chi connectivity index (χ0n) is 12.3. The maximum atomic E-state index is 12.0. The zero-order valence-corrected chi connectivity index (χ0v) is 13.2. The number of carboxylic acid groups (broad SMARTS) is 1. The van der Waals surface area contributed by atoms with Crippen LogP contribution in [0.4, 0.5) is 0 Å². The first-order valence-electron chi connectivity index (χ1n) is 7.02. The monoisotopic (exact) mass is 348 g/mol. The molecule has 0 saturated carbocycles. The predicted octanol–water partition coefficient (Wildman–Crippen LogP) is -0.595. The molecular weight excluding hydrogens is 335 g/mol. The third-order valence-electron chi connectivity index (χ3n) is 3.53. The molecule has 0 aliphatic carbocycles. The highest BCUT2D eigenvalue weighted by molar-refractivity contribution is 7.80. The van der Waals surface area contributed by atoms with E-state index >= 15 is 0 Å². The Morgan fingerprint density at radius 1 is 1.50 bits per heavy atom. The summed E-state index contributed by atoms with van der Waals surface area (Å²) in [4.78, 5) is 23.2. The molecule has 1 aliphatic rings. The number of hydrogen-bond donors (Lipinski definition) is 4. The number of thiol groups is 1. The first-order chi connectivity index (χ1) is 11.4. The Morgan fingerprint density at radius 3 is 2.96 bits per heavy atom. The van der Waals surface area contributed by atoms with Crippen molar-refractivity contribution in [1.82, 2.24) is 20.3 Å². The third-order valence-corrected chi connectivity index (χ3v) is 3.73. The third kappa shape index (κ3) is 3.36. The van der Waals surface area contributed by atoms with Crippen molar-refractivity contribution < 1.29 is 24.4 Å². The molecule has 1 atom stereocenters. The number of aromatic nitrogens is 3. The van der Waals surface area contributed by atoms with Gasteiger partial charge in [0.05, 0.1) is 17.7 Å². The predicted molar refractivity (Wildman–Crippen MR) is 84.9 cm³/mol. The van der Waals surface area contributed by atoms with Gasteiger partial charge in [0.1, 0.15) is 17.3 Å². The molecule has 0 fully saturated rings. The second-order valence-corrected chi connectivity index (χ2v) is 5.72. The van der Waals surface area contributed by atoms with Gasteiger partial charge in [0.25, 0.3) is 0 Å². The molecule has 9 nitrogen and oxygen atoms in total. The molecule has 1 aromatic heterocycles. The van der Waals surface area contributed by atoms with Crippen LogP contribution in [0.15, 0.2) is 29.4 Å². The van der Waals surface area contributed by atoms with Crippen molar-refractivity contribution in [1.29, 1.82) is 0 Å². The fourth-order valence-corrected chi connectivity index (χ4v) is 2.65. The fraction of sp³-hybridized carbons (Fsp3) is 0.231. The number of para-hydroxylation sites is 1. The largest absolute Gasteiger partial charge is 0.547 e. The second kappa shape index (κ2) is 6.53. The van der Waals surface area contributed by atoms with Gasteiger partial charge in [0.2, 0.25) is 5.91 Å². The number of benzene rings is 1. The normalized spacial score (nSPS) is 16.2. The van der Waals surface area contributed by atoms with Crippen LogP contribution in [-0.4, -0.2) is 50.1 Å². The molecule has 0 unspecified atom stereocenters. The van der Waals surface area contributed by atoms with Crippen molar-refractivity contribution in [3.63, 3.8) is 0 Å². The zero-order chi connectivity index (χ0) is 17.3. The van der Waals surface area contributed by atoms with Crippen LogP contribution in [0, 0.1) is 0 Å². The Morgan fingerprint density at radius 2 is 2.29 bits per heavy atom. The van der Waals surface area contributed by atoms with E-state index in [-0.39, 0.29) is 24.3 Å². The quantitative estimate of drug-likeness (QED) is 0.429. The Labute approximate surface area is 142 Å². The van der Waals surface area contributed by atoms with Crippen molar-refractivity contribution >= 4 is 31.6 Å². The average Bonchev–Trinajstić information content (AvgIpc) is 2.92. The van der Waals surface area contributed by atoms with Crippen LogP contribution in [0.1, 0.15) is 15.9 Å². The minimum atomic E-state index is -1.35.